The second-order valence-corrected chi connectivity index (χ2v) is 8.58. The number of nitrogens with one attached hydrogen (secondary N) is 2. The predicted molar refractivity (Wildman–Crippen MR) is 95.0 cm³/mol. The maximum atomic E-state index is 11.6. The minimum atomic E-state index is -0.991. The molecule has 0 aliphatic carbocycles. The fourth-order valence-corrected chi connectivity index (χ4v) is 3.24. The molecular formula is C14H26N2O6S2. The topological polar surface area (TPSA) is 125 Å². The highest BCUT2D eigenvalue weighted by Gasteiger charge is 2.17. The third kappa shape index (κ3) is 15.8. The lowest BCUT2D eigenvalue weighted by molar-refractivity contribution is -0.136. The number of carbonyl (C=O) groups is 3. The van der Waals surface area contributed by atoms with Crippen LogP contribution in [0.5, 0.6) is 0 Å². The SMILES string of the molecule is CC(C)(C)OC(=O)NCC(O)CC(=O)NCCSSCCC(=O)O. The van der Waals surface area contributed by atoms with Gasteiger partial charge in [0.05, 0.1) is 18.9 Å². The number of carboxylic acid groups (broad SMARTS) is 1. The van der Waals surface area contributed by atoms with Gasteiger partial charge in [0.25, 0.3) is 0 Å². The van der Waals surface area contributed by atoms with E-state index in [0.29, 0.717) is 18.1 Å². The molecule has 0 spiro atoms. The molecule has 0 aromatic carbocycles. The number of hydrogen-bond donors (Lipinski definition) is 4. The van der Waals surface area contributed by atoms with E-state index >= 15 is 0 Å². The highest BCUT2D eigenvalue weighted by atomic mass is 33.1. The van der Waals surface area contributed by atoms with Crippen molar-refractivity contribution in [1.82, 2.24) is 10.6 Å². The Hall–Kier alpha value is -1.13. The Morgan fingerprint density at radius 3 is 2.33 bits per heavy atom. The van der Waals surface area contributed by atoms with Crippen LogP contribution >= 0.6 is 21.6 Å². The molecule has 0 rings (SSSR count). The fourth-order valence-electron chi connectivity index (χ4n) is 1.35. The number of hydrogen-bond acceptors (Lipinski definition) is 7. The van der Waals surface area contributed by atoms with Crippen molar-refractivity contribution in [1.29, 1.82) is 0 Å². The third-order valence-corrected chi connectivity index (χ3v) is 4.70. The van der Waals surface area contributed by atoms with Gasteiger partial charge in [-0.15, -0.1) is 0 Å². The standard InChI is InChI=1S/C14H26N2O6S2/c1-14(2,3)22-13(21)16-9-10(17)8-11(18)15-5-7-24-23-6-4-12(19)20/h10,17H,4-9H2,1-3H3,(H,15,18)(H,16,21)(H,19,20). The van der Waals surface area contributed by atoms with Gasteiger partial charge in [-0.25, -0.2) is 4.79 Å². The van der Waals surface area contributed by atoms with Gasteiger partial charge in [0.2, 0.25) is 5.91 Å². The fraction of sp³-hybridized carbons (Fsp3) is 0.786. The van der Waals surface area contributed by atoms with Gasteiger partial charge in [-0.3, -0.25) is 9.59 Å². The van der Waals surface area contributed by atoms with Crippen LogP contribution in [0.4, 0.5) is 4.79 Å². The van der Waals surface area contributed by atoms with Gasteiger partial charge in [0, 0.05) is 24.6 Å². The van der Waals surface area contributed by atoms with Crippen LogP contribution in [-0.2, 0) is 14.3 Å². The maximum Gasteiger partial charge on any atom is 0.407 e. The molecule has 0 fully saturated rings. The van der Waals surface area contributed by atoms with Crippen molar-refractivity contribution < 1.29 is 29.3 Å². The van der Waals surface area contributed by atoms with Crippen LogP contribution in [0.2, 0.25) is 0 Å². The molecule has 140 valence electrons. The maximum absolute atomic E-state index is 11.6. The van der Waals surface area contributed by atoms with Crippen molar-refractivity contribution in [3.63, 3.8) is 0 Å². The third-order valence-electron chi connectivity index (χ3n) is 2.29. The number of carboxylic acids is 1. The van der Waals surface area contributed by atoms with Crippen molar-refractivity contribution in [2.45, 2.75) is 45.3 Å². The molecule has 0 saturated carbocycles. The van der Waals surface area contributed by atoms with Gasteiger partial charge in [0.15, 0.2) is 0 Å². The first-order chi connectivity index (χ1) is 11.1. The average molecular weight is 383 g/mol. The molecule has 4 N–H and O–H groups in total. The van der Waals surface area contributed by atoms with Gasteiger partial charge in [-0.2, -0.15) is 0 Å². The van der Waals surface area contributed by atoms with Gasteiger partial charge >= 0.3 is 12.1 Å². The summed E-state index contributed by atoms with van der Waals surface area (Å²) in [5.74, 6) is 0.0145. The smallest absolute Gasteiger partial charge is 0.407 e. The highest BCUT2D eigenvalue weighted by molar-refractivity contribution is 8.76. The zero-order chi connectivity index (χ0) is 18.6. The Kier molecular flexibility index (Phi) is 11.7. The normalized spacial score (nSPS) is 12.3. The van der Waals surface area contributed by atoms with Crippen LogP contribution in [0.15, 0.2) is 0 Å². The van der Waals surface area contributed by atoms with E-state index in [-0.39, 0.29) is 25.3 Å². The minimum Gasteiger partial charge on any atom is -0.481 e. The van der Waals surface area contributed by atoms with Gasteiger partial charge in [-0.05, 0) is 20.8 Å². The van der Waals surface area contributed by atoms with E-state index in [4.69, 9.17) is 9.84 Å². The van der Waals surface area contributed by atoms with E-state index in [2.05, 4.69) is 10.6 Å². The Labute approximate surface area is 149 Å². The molecule has 8 nitrogen and oxygen atoms in total. The quantitative estimate of drug-likeness (QED) is 0.311. The Balaban J connectivity index is 3.65. The predicted octanol–water partition coefficient (Wildman–Crippen LogP) is 1.23. The summed E-state index contributed by atoms with van der Waals surface area (Å²) in [5, 5.41) is 23.2. The molecule has 0 bridgehead atoms. The first-order valence-electron chi connectivity index (χ1n) is 7.48. The molecule has 1 unspecified atom stereocenters. The summed E-state index contributed by atoms with van der Waals surface area (Å²) >= 11 is 0. The lowest BCUT2D eigenvalue weighted by Crippen LogP contribution is -2.39. The highest BCUT2D eigenvalue weighted by Crippen LogP contribution is 2.20. The molecule has 0 radical (unpaired) electrons. The zero-order valence-electron chi connectivity index (χ0n) is 14.2. The molecule has 0 heterocycles. The Morgan fingerprint density at radius 1 is 1.12 bits per heavy atom. The number of amides is 2. The molecule has 0 saturated heterocycles. The summed E-state index contributed by atoms with van der Waals surface area (Å²) in [4.78, 5) is 33.3. The monoisotopic (exact) mass is 382 g/mol. The van der Waals surface area contributed by atoms with E-state index in [1.54, 1.807) is 20.8 Å². The van der Waals surface area contributed by atoms with Crippen LogP contribution in [0.1, 0.15) is 33.6 Å². The summed E-state index contributed by atoms with van der Waals surface area (Å²) in [7, 11) is 2.91. The molecular weight excluding hydrogens is 356 g/mol. The summed E-state index contributed by atoms with van der Waals surface area (Å²) in [6.07, 6.45) is -1.64. The first-order valence-corrected chi connectivity index (χ1v) is 9.97. The van der Waals surface area contributed by atoms with Crippen molar-refractivity contribution in [3.8, 4) is 0 Å². The summed E-state index contributed by atoms with van der Waals surface area (Å²) in [6.45, 7) is 5.55. The first kappa shape index (κ1) is 22.9. The van der Waals surface area contributed by atoms with E-state index < -0.39 is 23.8 Å². The number of carbonyl (C=O) groups excluding carboxylic acids is 2. The van der Waals surface area contributed by atoms with Gasteiger partial charge in [-0.1, -0.05) is 21.6 Å². The summed E-state index contributed by atoms with van der Waals surface area (Å²) < 4.78 is 5.02. The molecule has 1 atom stereocenters. The van der Waals surface area contributed by atoms with E-state index in [0.717, 1.165) is 0 Å². The lowest BCUT2D eigenvalue weighted by atomic mass is 10.2. The number of aliphatic hydroxyl groups is 1. The Morgan fingerprint density at radius 2 is 1.75 bits per heavy atom. The van der Waals surface area contributed by atoms with Crippen molar-refractivity contribution in [2.75, 3.05) is 24.6 Å². The van der Waals surface area contributed by atoms with Crippen molar-refractivity contribution in [2.24, 2.45) is 0 Å². The lowest BCUT2D eigenvalue weighted by Gasteiger charge is -2.20. The van der Waals surface area contributed by atoms with E-state index in [1.165, 1.54) is 21.6 Å². The number of aliphatic hydroxyl groups excluding tert-OH is 1. The molecule has 2 amide bonds. The van der Waals surface area contributed by atoms with Crippen molar-refractivity contribution >= 4 is 39.6 Å². The number of alkyl carbamates (subject to hydrolysis) is 1. The molecule has 0 aromatic heterocycles. The summed E-state index contributed by atoms with van der Waals surface area (Å²) in [6, 6.07) is 0. The molecule has 0 aliphatic heterocycles. The minimum absolute atomic E-state index is 0.0673. The van der Waals surface area contributed by atoms with Crippen LogP contribution in [-0.4, -0.2) is 64.5 Å². The molecule has 0 aromatic rings. The number of rotatable bonds is 11. The molecule has 24 heavy (non-hydrogen) atoms. The second kappa shape index (κ2) is 12.3. The second-order valence-electron chi connectivity index (χ2n) is 5.88. The molecule has 0 aliphatic rings. The zero-order valence-corrected chi connectivity index (χ0v) is 15.8. The average Bonchev–Trinajstić information content (AvgIpc) is 2.42. The number of aliphatic carboxylic acids is 1. The largest absolute Gasteiger partial charge is 0.481 e. The van der Waals surface area contributed by atoms with E-state index in [1.807, 2.05) is 0 Å². The van der Waals surface area contributed by atoms with Crippen LogP contribution in [0.25, 0.3) is 0 Å². The van der Waals surface area contributed by atoms with Crippen LogP contribution in [0, 0.1) is 0 Å². The van der Waals surface area contributed by atoms with Crippen LogP contribution in [0.3, 0.4) is 0 Å². The summed E-state index contributed by atoms with van der Waals surface area (Å²) in [5.41, 5.74) is -0.618. The number of ether oxygens (including phenoxy) is 1. The van der Waals surface area contributed by atoms with Gasteiger partial charge < -0.3 is 25.6 Å². The van der Waals surface area contributed by atoms with Crippen LogP contribution < -0.4 is 10.6 Å². The van der Waals surface area contributed by atoms with Crippen molar-refractivity contribution in [3.05, 3.63) is 0 Å². The van der Waals surface area contributed by atoms with Gasteiger partial charge in [0.1, 0.15) is 5.60 Å². The van der Waals surface area contributed by atoms with E-state index in [9.17, 15) is 19.5 Å². The molecule has 10 heteroatoms. The Bertz CT molecular complexity index is 415.